The molecule has 0 unspecified atom stereocenters. The van der Waals surface area contributed by atoms with Gasteiger partial charge in [0.2, 0.25) is 5.95 Å². The number of rotatable bonds is 4. The van der Waals surface area contributed by atoms with Crippen LogP contribution in [0.3, 0.4) is 0 Å². The van der Waals surface area contributed by atoms with Gasteiger partial charge in [0, 0.05) is 76.0 Å². The smallest absolute Gasteiger partial charge is 0.224 e. The summed E-state index contributed by atoms with van der Waals surface area (Å²) in [6.07, 6.45) is 5.51. The van der Waals surface area contributed by atoms with Gasteiger partial charge < -0.3 is 9.80 Å². The van der Waals surface area contributed by atoms with Crippen molar-refractivity contribution in [1.82, 2.24) is 24.8 Å². The van der Waals surface area contributed by atoms with Crippen LogP contribution in [0, 0.1) is 13.8 Å². The Bertz CT molecular complexity index is 676. The van der Waals surface area contributed by atoms with Crippen LogP contribution in [0.25, 0.3) is 0 Å². The number of aromatic nitrogens is 4. The average Bonchev–Trinajstić information content (AvgIpc) is 2.59. The largest absolute Gasteiger partial charge is 0.354 e. The molecule has 3 heterocycles. The van der Waals surface area contributed by atoms with Crippen molar-refractivity contribution in [2.75, 3.05) is 50.1 Å². The van der Waals surface area contributed by atoms with E-state index in [1.807, 2.05) is 38.3 Å². The molecule has 0 bridgehead atoms. The summed E-state index contributed by atoms with van der Waals surface area (Å²) in [7, 11) is 3.90. The van der Waals surface area contributed by atoms with Crippen LogP contribution < -0.4 is 9.80 Å². The number of aryl methyl sites for hydroxylation is 1. The topological polar surface area (TPSA) is 61.3 Å². The van der Waals surface area contributed by atoms with Crippen molar-refractivity contribution in [2.45, 2.75) is 20.4 Å². The second-order valence-electron chi connectivity index (χ2n) is 6.46. The van der Waals surface area contributed by atoms with Gasteiger partial charge in [-0.05, 0) is 13.8 Å². The molecule has 7 heteroatoms. The van der Waals surface area contributed by atoms with Gasteiger partial charge >= 0.3 is 0 Å². The molecule has 7 nitrogen and oxygen atoms in total. The minimum absolute atomic E-state index is 0.748. The van der Waals surface area contributed by atoms with Gasteiger partial charge in [0.05, 0.1) is 0 Å². The van der Waals surface area contributed by atoms with Crippen molar-refractivity contribution < 1.29 is 0 Å². The first-order chi connectivity index (χ1) is 11.5. The second-order valence-corrected chi connectivity index (χ2v) is 6.46. The van der Waals surface area contributed by atoms with Crippen LogP contribution in [-0.4, -0.2) is 65.1 Å². The number of hydrogen-bond acceptors (Lipinski definition) is 7. The Morgan fingerprint density at radius 3 is 2.25 bits per heavy atom. The first kappa shape index (κ1) is 16.6. The third-order valence-electron chi connectivity index (χ3n) is 4.48. The Kier molecular flexibility index (Phi) is 4.89. The van der Waals surface area contributed by atoms with Crippen LogP contribution in [0.1, 0.15) is 16.8 Å². The van der Waals surface area contributed by atoms with Crippen LogP contribution in [0.5, 0.6) is 0 Å². The highest BCUT2D eigenvalue weighted by Crippen LogP contribution is 2.20. The first-order valence-corrected chi connectivity index (χ1v) is 8.28. The second kappa shape index (κ2) is 7.09. The highest BCUT2D eigenvalue weighted by molar-refractivity contribution is 5.47. The number of piperazine rings is 1. The third kappa shape index (κ3) is 3.62. The fourth-order valence-corrected chi connectivity index (χ4v) is 2.88. The molecule has 0 amide bonds. The van der Waals surface area contributed by atoms with Gasteiger partial charge in [-0.25, -0.2) is 19.9 Å². The Morgan fingerprint density at radius 2 is 1.62 bits per heavy atom. The lowest BCUT2D eigenvalue weighted by atomic mass is 10.2. The summed E-state index contributed by atoms with van der Waals surface area (Å²) in [6.45, 7) is 9.01. The highest BCUT2D eigenvalue weighted by Gasteiger charge is 2.20. The zero-order valence-electron chi connectivity index (χ0n) is 14.9. The molecule has 1 fully saturated rings. The molecule has 0 radical (unpaired) electrons. The predicted molar refractivity (Wildman–Crippen MR) is 95.4 cm³/mol. The van der Waals surface area contributed by atoms with Gasteiger partial charge in [-0.1, -0.05) is 0 Å². The summed E-state index contributed by atoms with van der Waals surface area (Å²) in [4.78, 5) is 24.2. The molecule has 24 heavy (non-hydrogen) atoms. The van der Waals surface area contributed by atoms with Crippen LogP contribution in [0.4, 0.5) is 11.8 Å². The van der Waals surface area contributed by atoms with Crippen molar-refractivity contribution in [3.8, 4) is 0 Å². The molecule has 0 saturated carbocycles. The number of anilines is 2. The fourth-order valence-electron chi connectivity index (χ4n) is 2.88. The zero-order valence-corrected chi connectivity index (χ0v) is 14.9. The summed E-state index contributed by atoms with van der Waals surface area (Å²) in [5.41, 5.74) is 3.39. The monoisotopic (exact) mass is 327 g/mol. The van der Waals surface area contributed by atoms with E-state index in [1.54, 1.807) is 6.33 Å². The van der Waals surface area contributed by atoms with E-state index in [-0.39, 0.29) is 0 Å². The molecule has 0 atom stereocenters. The molecule has 0 spiro atoms. The van der Waals surface area contributed by atoms with Crippen molar-refractivity contribution in [2.24, 2.45) is 0 Å². The van der Waals surface area contributed by atoms with Crippen molar-refractivity contribution >= 4 is 11.8 Å². The van der Waals surface area contributed by atoms with Crippen LogP contribution >= 0.6 is 0 Å². The maximum absolute atomic E-state index is 4.47. The maximum Gasteiger partial charge on any atom is 0.224 e. The van der Waals surface area contributed by atoms with Crippen LogP contribution in [0.2, 0.25) is 0 Å². The van der Waals surface area contributed by atoms with Gasteiger partial charge in [0.25, 0.3) is 0 Å². The van der Waals surface area contributed by atoms with Gasteiger partial charge in [0.15, 0.2) is 0 Å². The van der Waals surface area contributed by atoms with Crippen molar-refractivity contribution in [3.05, 3.63) is 35.5 Å². The molecule has 2 aromatic heterocycles. The van der Waals surface area contributed by atoms with Crippen molar-refractivity contribution in [3.63, 3.8) is 0 Å². The molecule has 2 aromatic rings. The predicted octanol–water partition coefficient (Wildman–Crippen LogP) is 1.27. The first-order valence-electron chi connectivity index (χ1n) is 8.28. The molecule has 1 aliphatic heterocycles. The Morgan fingerprint density at radius 1 is 0.958 bits per heavy atom. The van der Waals surface area contributed by atoms with E-state index in [0.29, 0.717) is 0 Å². The molecule has 128 valence electrons. The maximum atomic E-state index is 4.47. The van der Waals surface area contributed by atoms with E-state index >= 15 is 0 Å². The van der Waals surface area contributed by atoms with Crippen molar-refractivity contribution in [1.29, 1.82) is 0 Å². The lowest BCUT2D eigenvalue weighted by Crippen LogP contribution is -2.46. The lowest BCUT2D eigenvalue weighted by molar-refractivity contribution is 0.248. The third-order valence-corrected chi connectivity index (χ3v) is 4.48. The van der Waals surface area contributed by atoms with E-state index in [2.05, 4.69) is 36.7 Å². The fraction of sp³-hybridized carbons (Fsp3) is 0.529. The summed E-state index contributed by atoms with van der Waals surface area (Å²) in [5.74, 6) is 1.82. The SMILES string of the molecule is Cc1ncnc(N2CCN(Cc3cnc(N(C)C)nc3)CC2)c1C. The number of hydrogen-bond donors (Lipinski definition) is 0. The highest BCUT2D eigenvalue weighted by atomic mass is 15.3. The summed E-state index contributed by atoms with van der Waals surface area (Å²) < 4.78 is 0. The molecule has 3 rings (SSSR count). The van der Waals surface area contributed by atoms with Gasteiger partial charge in [-0.15, -0.1) is 0 Å². The minimum atomic E-state index is 0.748. The van der Waals surface area contributed by atoms with Gasteiger partial charge in [-0.2, -0.15) is 0 Å². The molecule has 0 aliphatic carbocycles. The minimum Gasteiger partial charge on any atom is -0.354 e. The summed E-state index contributed by atoms with van der Waals surface area (Å²) >= 11 is 0. The molecular weight excluding hydrogens is 302 g/mol. The zero-order chi connectivity index (χ0) is 17.1. The molecule has 0 aromatic carbocycles. The Balaban J connectivity index is 1.58. The van der Waals surface area contributed by atoms with E-state index in [1.165, 1.54) is 5.56 Å². The van der Waals surface area contributed by atoms with Gasteiger partial charge in [0.1, 0.15) is 12.1 Å². The van der Waals surface area contributed by atoms with Crippen LogP contribution in [0.15, 0.2) is 18.7 Å². The summed E-state index contributed by atoms with van der Waals surface area (Å²) in [5, 5.41) is 0. The van der Waals surface area contributed by atoms with E-state index in [0.717, 1.165) is 55.7 Å². The molecule has 1 aliphatic rings. The molecule has 0 N–H and O–H groups in total. The lowest BCUT2D eigenvalue weighted by Gasteiger charge is -2.36. The van der Waals surface area contributed by atoms with E-state index in [4.69, 9.17) is 0 Å². The Labute approximate surface area is 143 Å². The van der Waals surface area contributed by atoms with E-state index in [9.17, 15) is 0 Å². The normalized spacial score (nSPS) is 15.6. The average molecular weight is 327 g/mol. The number of nitrogens with zero attached hydrogens (tertiary/aromatic N) is 7. The Hall–Kier alpha value is -2.28. The molecular formula is C17H25N7. The van der Waals surface area contributed by atoms with Crippen LogP contribution in [-0.2, 0) is 6.54 Å². The quantitative estimate of drug-likeness (QED) is 0.838. The van der Waals surface area contributed by atoms with E-state index < -0.39 is 0 Å². The summed E-state index contributed by atoms with van der Waals surface area (Å²) in [6, 6.07) is 0. The standard InChI is InChI=1S/C17H25N7/c1-13-14(2)20-12-21-16(13)24-7-5-23(6-8-24)11-15-9-18-17(19-10-15)22(3)4/h9-10,12H,5-8,11H2,1-4H3. The molecule has 1 saturated heterocycles. The van der Waals surface area contributed by atoms with Gasteiger partial charge in [-0.3, -0.25) is 4.90 Å².